The summed E-state index contributed by atoms with van der Waals surface area (Å²) in [5.41, 5.74) is 4.68. The van der Waals surface area contributed by atoms with Gasteiger partial charge in [0.15, 0.2) is 0 Å². The lowest BCUT2D eigenvalue weighted by molar-refractivity contribution is 0.400. The summed E-state index contributed by atoms with van der Waals surface area (Å²) in [7, 11) is -2.36. The van der Waals surface area contributed by atoms with E-state index < -0.39 is 10.0 Å². The van der Waals surface area contributed by atoms with Crippen LogP contribution in [0.5, 0.6) is 5.88 Å². The fourth-order valence-corrected chi connectivity index (χ4v) is 4.82. The van der Waals surface area contributed by atoms with Gasteiger partial charge in [0.05, 0.1) is 17.5 Å². The third kappa shape index (κ3) is 4.18. The number of anilines is 1. The van der Waals surface area contributed by atoms with Crippen molar-refractivity contribution >= 4 is 26.6 Å². The Morgan fingerprint density at radius 2 is 1.65 bits per heavy atom. The van der Waals surface area contributed by atoms with Crippen molar-refractivity contribution in [3.05, 3.63) is 97.6 Å². The number of nitrogens with one attached hydrogen (secondary N) is 1. The fraction of sp³-hybridized carbons (Fsp3) is 0.0385. The van der Waals surface area contributed by atoms with Crippen molar-refractivity contribution in [3.63, 3.8) is 0 Å². The molecule has 2 aromatic carbocycles. The standard InChI is InChI=1S/C26H20N4O3S/c1-33-26-25(30-34(31,32)21-7-3-2-4-8-21)15-20(17-29-26)18-9-10-24-23(14-18)22(11-13-28-24)19-6-5-12-27-16-19/h2-17,30H,1H3. The van der Waals surface area contributed by atoms with Crippen molar-refractivity contribution in [1.29, 1.82) is 0 Å². The number of benzene rings is 2. The van der Waals surface area contributed by atoms with E-state index in [0.717, 1.165) is 33.2 Å². The predicted molar refractivity (Wildman–Crippen MR) is 132 cm³/mol. The van der Waals surface area contributed by atoms with E-state index in [2.05, 4.69) is 19.7 Å². The Bertz CT molecular complexity index is 1570. The highest BCUT2D eigenvalue weighted by Gasteiger charge is 2.18. The molecule has 5 aromatic rings. The summed E-state index contributed by atoms with van der Waals surface area (Å²) in [5.74, 6) is 0.182. The molecule has 0 fully saturated rings. The Hall–Kier alpha value is -4.30. The Morgan fingerprint density at radius 1 is 0.794 bits per heavy atom. The molecular formula is C26H20N4O3S. The summed E-state index contributed by atoms with van der Waals surface area (Å²) in [6.07, 6.45) is 6.97. The average molecular weight is 469 g/mol. The van der Waals surface area contributed by atoms with E-state index in [1.165, 1.54) is 19.2 Å². The van der Waals surface area contributed by atoms with E-state index in [0.29, 0.717) is 0 Å². The molecule has 0 radical (unpaired) electrons. The lowest BCUT2D eigenvalue weighted by Gasteiger charge is -2.13. The number of methoxy groups -OCH3 is 1. The summed E-state index contributed by atoms with van der Waals surface area (Å²) >= 11 is 0. The Balaban J connectivity index is 1.59. The van der Waals surface area contributed by atoms with Crippen LogP contribution in [-0.4, -0.2) is 30.5 Å². The zero-order valence-electron chi connectivity index (χ0n) is 18.2. The maximum atomic E-state index is 12.9. The molecule has 0 spiro atoms. The summed E-state index contributed by atoms with van der Waals surface area (Å²) in [6.45, 7) is 0. The average Bonchev–Trinajstić information content (AvgIpc) is 2.89. The molecule has 3 aromatic heterocycles. The van der Waals surface area contributed by atoms with Crippen LogP contribution >= 0.6 is 0 Å². The van der Waals surface area contributed by atoms with E-state index in [1.54, 1.807) is 42.9 Å². The van der Waals surface area contributed by atoms with Gasteiger partial charge in [0.2, 0.25) is 5.88 Å². The van der Waals surface area contributed by atoms with Crippen molar-refractivity contribution in [2.24, 2.45) is 0 Å². The summed E-state index contributed by atoms with van der Waals surface area (Å²) in [6, 6.07) is 21.6. The number of rotatable bonds is 6. The molecule has 0 atom stereocenters. The first-order valence-corrected chi connectivity index (χ1v) is 11.9. The van der Waals surface area contributed by atoms with Crippen LogP contribution in [0.2, 0.25) is 0 Å². The third-order valence-electron chi connectivity index (χ3n) is 5.39. The first-order chi connectivity index (χ1) is 16.5. The molecule has 0 saturated heterocycles. The quantitative estimate of drug-likeness (QED) is 0.370. The molecule has 3 heterocycles. The van der Waals surface area contributed by atoms with Gasteiger partial charge in [-0.05, 0) is 53.6 Å². The molecule has 0 aliphatic rings. The van der Waals surface area contributed by atoms with Crippen LogP contribution in [-0.2, 0) is 10.0 Å². The van der Waals surface area contributed by atoms with Gasteiger partial charge in [-0.3, -0.25) is 14.7 Å². The number of hydrogen-bond acceptors (Lipinski definition) is 6. The minimum Gasteiger partial charge on any atom is -0.480 e. The number of fused-ring (bicyclic) bond motifs is 1. The molecule has 8 heteroatoms. The summed E-state index contributed by atoms with van der Waals surface area (Å²) < 4.78 is 33.7. The third-order valence-corrected chi connectivity index (χ3v) is 6.77. The Kier molecular flexibility index (Phi) is 5.65. The van der Waals surface area contributed by atoms with E-state index in [9.17, 15) is 8.42 Å². The van der Waals surface area contributed by atoms with Crippen LogP contribution in [0.1, 0.15) is 0 Å². The summed E-state index contributed by atoms with van der Waals surface area (Å²) in [4.78, 5) is 13.2. The normalized spacial score (nSPS) is 11.3. The summed E-state index contributed by atoms with van der Waals surface area (Å²) in [5, 5.41) is 0.954. The molecule has 7 nitrogen and oxygen atoms in total. The number of hydrogen-bond donors (Lipinski definition) is 1. The molecule has 1 N–H and O–H groups in total. The van der Waals surface area contributed by atoms with Crippen molar-refractivity contribution in [2.45, 2.75) is 4.90 Å². The number of aromatic nitrogens is 3. The highest BCUT2D eigenvalue weighted by atomic mass is 32.2. The van der Waals surface area contributed by atoms with Gasteiger partial charge in [-0.15, -0.1) is 0 Å². The first-order valence-electron chi connectivity index (χ1n) is 10.5. The SMILES string of the molecule is COc1ncc(-c2ccc3nccc(-c4cccnc4)c3c2)cc1NS(=O)(=O)c1ccccc1. The van der Waals surface area contributed by atoms with Gasteiger partial charge in [-0.1, -0.05) is 30.3 Å². The second kappa shape index (κ2) is 8.92. The lowest BCUT2D eigenvalue weighted by Crippen LogP contribution is -2.14. The largest absolute Gasteiger partial charge is 0.480 e. The Morgan fingerprint density at radius 3 is 2.41 bits per heavy atom. The van der Waals surface area contributed by atoms with Crippen molar-refractivity contribution < 1.29 is 13.2 Å². The molecule has 168 valence electrons. The molecule has 0 amide bonds. The van der Waals surface area contributed by atoms with Crippen LogP contribution in [0, 0.1) is 0 Å². The maximum absolute atomic E-state index is 12.9. The molecule has 0 aliphatic heterocycles. The van der Waals surface area contributed by atoms with Crippen molar-refractivity contribution in [2.75, 3.05) is 11.8 Å². The molecule has 34 heavy (non-hydrogen) atoms. The number of nitrogens with zero attached hydrogens (tertiary/aromatic N) is 3. The Labute approximate surface area is 197 Å². The molecule has 0 aliphatic carbocycles. The zero-order chi connectivity index (χ0) is 23.5. The molecule has 0 saturated carbocycles. The number of pyridine rings is 3. The number of ether oxygens (including phenoxy) is 1. The van der Waals surface area contributed by atoms with Crippen LogP contribution in [0.15, 0.2) is 102 Å². The fourth-order valence-electron chi connectivity index (χ4n) is 3.75. The predicted octanol–water partition coefficient (Wildman–Crippen LogP) is 5.17. The van der Waals surface area contributed by atoms with Gasteiger partial charge in [0, 0.05) is 41.3 Å². The van der Waals surface area contributed by atoms with Crippen LogP contribution in [0.25, 0.3) is 33.2 Å². The van der Waals surface area contributed by atoms with Gasteiger partial charge in [-0.25, -0.2) is 13.4 Å². The van der Waals surface area contributed by atoms with E-state index in [1.807, 2.05) is 42.6 Å². The van der Waals surface area contributed by atoms with E-state index >= 15 is 0 Å². The lowest BCUT2D eigenvalue weighted by atomic mass is 9.99. The molecule has 5 rings (SSSR count). The smallest absolute Gasteiger partial charge is 0.262 e. The maximum Gasteiger partial charge on any atom is 0.262 e. The van der Waals surface area contributed by atoms with Gasteiger partial charge in [-0.2, -0.15) is 0 Å². The molecule has 0 unspecified atom stereocenters. The monoisotopic (exact) mass is 468 g/mol. The zero-order valence-corrected chi connectivity index (χ0v) is 19.0. The molecular weight excluding hydrogens is 448 g/mol. The van der Waals surface area contributed by atoms with Gasteiger partial charge >= 0.3 is 0 Å². The van der Waals surface area contributed by atoms with E-state index in [-0.39, 0.29) is 16.5 Å². The van der Waals surface area contributed by atoms with Crippen LogP contribution in [0.4, 0.5) is 5.69 Å². The van der Waals surface area contributed by atoms with E-state index in [4.69, 9.17) is 4.74 Å². The second-order valence-electron chi connectivity index (χ2n) is 7.53. The van der Waals surface area contributed by atoms with Crippen LogP contribution < -0.4 is 9.46 Å². The van der Waals surface area contributed by atoms with Gasteiger partial charge < -0.3 is 4.74 Å². The highest BCUT2D eigenvalue weighted by molar-refractivity contribution is 7.92. The topological polar surface area (TPSA) is 94.1 Å². The van der Waals surface area contributed by atoms with Crippen LogP contribution in [0.3, 0.4) is 0 Å². The van der Waals surface area contributed by atoms with Crippen molar-refractivity contribution in [3.8, 4) is 28.1 Å². The molecule has 0 bridgehead atoms. The highest BCUT2D eigenvalue weighted by Crippen LogP contribution is 2.34. The van der Waals surface area contributed by atoms with Gasteiger partial charge in [0.1, 0.15) is 5.69 Å². The first kappa shape index (κ1) is 21.5. The van der Waals surface area contributed by atoms with Crippen molar-refractivity contribution in [1.82, 2.24) is 15.0 Å². The minimum absolute atomic E-state index is 0.153. The second-order valence-corrected chi connectivity index (χ2v) is 9.21. The number of sulfonamides is 1. The minimum atomic E-state index is -3.81. The van der Waals surface area contributed by atoms with Gasteiger partial charge in [0.25, 0.3) is 10.0 Å².